The summed E-state index contributed by atoms with van der Waals surface area (Å²) in [4.78, 5) is 12.0. The molecule has 1 heterocycles. The molecule has 7 heteroatoms. The summed E-state index contributed by atoms with van der Waals surface area (Å²) in [5.41, 5.74) is 0. The number of allylic oxidation sites excluding steroid dienone is 1. The van der Waals surface area contributed by atoms with E-state index in [0.717, 1.165) is 25.7 Å². The molecule has 4 atom stereocenters. The number of rotatable bonds is 5. The normalized spacial score (nSPS) is 31.5. The molecule has 144 valence electrons. The average molecular weight is 477 g/mol. The van der Waals surface area contributed by atoms with Gasteiger partial charge in [0.25, 0.3) is 5.79 Å². The zero-order valence-electron chi connectivity index (χ0n) is 14.9. The first-order chi connectivity index (χ1) is 11.5. The van der Waals surface area contributed by atoms with Gasteiger partial charge in [-0.15, -0.1) is 0 Å². The number of hydrogen-bond acceptors (Lipinski definition) is 3. The van der Waals surface area contributed by atoms with Gasteiger partial charge in [0.2, 0.25) is 3.79 Å². The van der Waals surface area contributed by atoms with Crippen LogP contribution in [-0.2, 0) is 14.3 Å². The fourth-order valence-electron chi connectivity index (χ4n) is 3.84. The molecule has 1 saturated carbocycles. The van der Waals surface area contributed by atoms with Crippen LogP contribution in [-0.4, -0.2) is 20.4 Å². The molecule has 1 fully saturated rings. The van der Waals surface area contributed by atoms with Gasteiger partial charge in [-0.1, -0.05) is 71.5 Å². The van der Waals surface area contributed by atoms with Crippen LogP contribution in [0.25, 0.3) is 0 Å². The highest BCUT2D eigenvalue weighted by Crippen LogP contribution is 2.47. The van der Waals surface area contributed by atoms with Crippen LogP contribution in [0.4, 0.5) is 0 Å². The maximum atomic E-state index is 12.2. The zero-order valence-corrected chi connectivity index (χ0v) is 18.7. The van der Waals surface area contributed by atoms with Crippen molar-refractivity contribution in [2.24, 2.45) is 17.8 Å². The van der Waals surface area contributed by atoms with Crippen molar-refractivity contribution >= 4 is 56.7 Å². The Morgan fingerprint density at radius 1 is 1.32 bits per heavy atom. The lowest BCUT2D eigenvalue weighted by atomic mass is 9.72. The van der Waals surface area contributed by atoms with Gasteiger partial charge >= 0.3 is 5.97 Å². The smallest absolute Gasteiger partial charge is 0.337 e. The van der Waals surface area contributed by atoms with E-state index in [-0.39, 0.29) is 16.7 Å². The molecular formula is C18H26BrCl3O3. The van der Waals surface area contributed by atoms with Crippen molar-refractivity contribution in [3.8, 4) is 0 Å². The molecule has 2 rings (SSSR count). The predicted molar refractivity (Wildman–Crippen MR) is 106 cm³/mol. The molecule has 1 aliphatic carbocycles. The first kappa shape index (κ1) is 21.7. The van der Waals surface area contributed by atoms with E-state index in [1.165, 1.54) is 6.08 Å². The molecule has 1 aliphatic heterocycles. The van der Waals surface area contributed by atoms with Crippen molar-refractivity contribution in [2.45, 2.75) is 73.7 Å². The summed E-state index contributed by atoms with van der Waals surface area (Å²) < 4.78 is 10.7. The maximum Gasteiger partial charge on any atom is 0.337 e. The minimum atomic E-state index is -1.34. The molecule has 0 amide bonds. The van der Waals surface area contributed by atoms with Crippen LogP contribution in [0.2, 0.25) is 0 Å². The van der Waals surface area contributed by atoms with Gasteiger partial charge in [0.05, 0.1) is 10.9 Å². The van der Waals surface area contributed by atoms with Crippen LogP contribution in [0.1, 0.15) is 59.3 Å². The van der Waals surface area contributed by atoms with E-state index in [4.69, 9.17) is 44.3 Å². The van der Waals surface area contributed by atoms with Gasteiger partial charge in [0.1, 0.15) is 5.76 Å². The van der Waals surface area contributed by atoms with Crippen LogP contribution < -0.4 is 0 Å². The molecule has 0 saturated heterocycles. The van der Waals surface area contributed by atoms with Crippen molar-refractivity contribution in [2.75, 3.05) is 0 Å². The molecule has 25 heavy (non-hydrogen) atoms. The summed E-state index contributed by atoms with van der Waals surface area (Å²) in [5, 5.41) is 0. The third-order valence-corrected chi connectivity index (χ3v) is 7.79. The number of carbonyl (C=O) groups is 1. The van der Waals surface area contributed by atoms with Gasteiger partial charge in [-0.3, -0.25) is 0 Å². The maximum absolute atomic E-state index is 12.2. The van der Waals surface area contributed by atoms with Crippen LogP contribution in [0, 0.1) is 17.8 Å². The predicted octanol–water partition coefficient (Wildman–Crippen LogP) is 6.54. The minimum absolute atomic E-state index is 0.210. The standard InChI is InChI=1S/C18H26BrCl3O3/c1-11(2)14-8-7-12(3)10-17(14)24-13(9-16(23)25-17)5-4-6-15(19)18(20,21)22/h9,11-12,14-15H,4-8,10H2,1-3H3/t12-,14+,15-,17+/m1/s1. The number of carbonyl (C=O) groups excluding carboxylic acids is 1. The van der Waals surface area contributed by atoms with Gasteiger partial charge in [0, 0.05) is 18.8 Å². The molecule has 0 radical (unpaired) electrons. The lowest BCUT2D eigenvalue weighted by Gasteiger charge is -2.48. The minimum Gasteiger partial charge on any atom is -0.456 e. The Bertz CT molecular complexity index is 518. The van der Waals surface area contributed by atoms with E-state index in [0.29, 0.717) is 30.4 Å². The lowest BCUT2D eigenvalue weighted by molar-refractivity contribution is -0.269. The van der Waals surface area contributed by atoms with Gasteiger partial charge in [0.15, 0.2) is 0 Å². The Kier molecular flexibility index (Phi) is 7.43. The van der Waals surface area contributed by atoms with E-state index in [1.54, 1.807) is 0 Å². The highest BCUT2D eigenvalue weighted by Gasteiger charge is 2.51. The van der Waals surface area contributed by atoms with Crippen LogP contribution in [0.3, 0.4) is 0 Å². The molecule has 0 aromatic rings. The van der Waals surface area contributed by atoms with E-state index in [9.17, 15) is 4.79 Å². The number of alkyl halides is 4. The van der Waals surface area contributed by atoms with Crippen LogP contribution >= 0.6 is 50.7 Å². The van der Waals surface area contributed by atoms with Crippen molar-refractivity contribution in [3.05, 3.63) is 11.8 Å². The lowest BCUT2D eigenvalue weighted by Crippen LogP contribution is -2.52. The molecular weight excluding hydrogens is 450 g/mol. The molecule has 3 nitrogen and oxygen atoms in total. The quantitative estimate of drug-likeness (QED) is 0.334. The van der Waals surface area contributed by atoms with Gasteiger partial charge < -0.3 is 9.47 Å². The van der Waals surface area contributed by atoms with E-state index >= 15 is 0 Å². The van der Waals surface area contributed by atoms with Crippen molar-refractivity contribution in [1.82, 2.24) is 0 Å². The highest BCUT2D eigenvalue weighted by atomic mass is 79.9. The molecule has 2 aliphatic rings. The van der Waals surface area contributed by atoms with Gasteiger partial charge in [-0.2, -0.15) is 0 Å². The summed E-state index contributed by atoms with van der Waals surface area (Å²) in [6, 6.07) is 0. The summed E-state index contributed by atoms with van der Waals surface area (Å²) in [6.07, 6.45) is 6.40. The highest BCUT2D eigenvalue weighted by molar-refractivity contribution is 9.09. The topological polar surface area (TPSA) is 35.5 Å². The average Bonchev–Trinajstić information content (AvgIpc) is 2.44. The summed E-state index contributed by atoms with van der Waals surface area (Å²) >= 11 is 21.0. The van der Waals surface area contributed by atoms with Gasteiger partial charge in [-0.25, -0.2) is 4.79 Å². The summed E-state index contributed by atoms with van der Waals surface area (Å²) in [7, 11) is 0. The number of ether oxygens (including phenoxy) is 2. The fraction of sp³-hybridized carbons (Fsp3) is 0.833. The molecule has 0 bridgehead atoms. The van der Waals surface area contributed by atoms with Gasteiger partial charge in [-0.05, 0) is 37.5 Å². The van der Waals surface area contributed by atoms with Crippen molar-refractivity contribution in [3.63, 3.8) is 0 Å². The summed E-state index contributed by atoms with van der Waals surface area (Å²) in [5.74, 6) is 0.615. The number of hydrogen-bond donors (Lipinski definition) is 0. The van der Waals surface area contributed by atoms with Crippen LogP contribution in [0.15, 0.2) is 11.8 Å². The van der Waals surface area contributed by atoms with E-state index in [2.05, 4.69) is 36.7 Å². The third-order valence-electron chi connectivity index (χ3n) is 5.07. The zero-order chi connectivity index (χ0) is 18.8. The molecule has 0 N–H and O–H groups in total. The van der Waals surface area contributed by atoms with Crippen molar-refractivity contribution < 1.29 is 14.3 Å². The molecule has 0 aromatic heterocycles. The van der Waals surface area contributed by atoms with E-state index in [1.807, 2.05) is 0 Å². The first-order valence-electron chi connectivity index (χ1n) is 8.87. The SMILES string of the molecule is CC(C)[C@@H]1CC[C@@H](C)C[C@]12OC(=O)C=C(CCC[C@@H](Br)C(Cl)(Cl)Cl)O2. The molecule has 0 unspecified atom stereocenters. The second-order valence-corrected chi connectivity index (χ2v) is 11.1. The Morgan fingerprint density at radius 2 is 2.00 bits per heavy atom. The Labute approximate surface area is 173 Å². The molecule has 0 aromatic carbocycles. The Morgan fingerprint density at radius 3 is 2.60 bits per heavy atom. The van der Waals surface area contributed by atoms with Crippen molar-refractivity contribution in [1.29, 1.82) is 0 Å². The Balaban J connectivity index is 2.05. The second-order valence-electron chi connectivity index (χ2n) is 7.58. The third kappa shape index (κ3) is 5.67. The number of halogens is 4. The first-order valence-corrected chi connectivity index (χ1v) is 10.9. The second kappa shape index (κ2) is 8.58. The Hall–Kier alpha value is 0.360. The largest absolute Gasteiger partial charge is 0.456 e. The fourth-order valence-corrected chi connectivity index (χ4v) is 4.50. The number of esters is 1. The molecule has 1 spiro atoms. The monoisotopic (exact) mass is 474 g/mol. The van der Waals surface area contributed by atoms with Crippen LogP contribution in [0.5, 0.6) is 0 Å². The van der Waals surface area contributed by atoms with E-state index < -0.39 is 9.58 Å². The summed E-state index contributed by atoms with van der Waals surface area (Å²) in [6.45, 7) is 6.51.